The molecule has 0 aromatic carbocycles. The molecule has 1 heterocycles. The van der Waals surface area contributed by atoms with Crippen molar-refractivity contribution in [3.63, 3.8) is 0 Å². The first kappa shape index (κ1) is 7.98. The smallest absolute Gasteiger partial charge is 0.0950 e. The molecule has 2 unspecified atom stereocenters. The molecule has 1 fully saturated rings. The fourth-order valence-corrected chi connectivity index (χ4v) is 1.37. The van der Waals surface area contributed by atoms with E-state index in [2.05, 4.69) is 0 Å². The van der Waals surface area contributed by atoms with Gasteiger partial charge in [-0.15, -0.1) is 0 Å². The van der Waals surface area contributed by atoms with E-state index in [4.69, 9.17) is 10.5 Å². The molecule has 0 aromatic heterocycles. The lowest BCUT2D eigenvalue weighted by molar-refractivity contribution is -0.110. The van der Waals surface area contributed by atoms with Crippen molar-refractivity contribution < 1.29 is 9.84 Å². The molecular weight excluding hydrogens is 130 g/mol. The van der Waals surface area contributed by atoms with E-state index in [1.165, 1.54) is 0 Å². The van der Waals surface area contributed by atoms with E-state index in [-0.39, 0.29) is 18.2 Å². The number of hydrogen-bond acceptors (Lipinski definition) is 3. The minimum atomic E-state index is -0.490. The monoisotopic (exact) mass is 145 g/mol. The van der Waals surface area contributed by atoms with Gasteiger partial charge in [0.25, 0.3) is 0 Å². The van der Waals surface area contributed by atoms with E-state index in [9.17, 15) is 5.11 Å². The summed E-state index contributed by atoms with van der Waals surface area (Å²) in [6.45, 7) is 3.82. The van der Waals surface area contributed by atoms with Gasteiger partial charge in [0.05, 0.1) is 18.3 Å². The van der Waals surface area contributed by atoms with E-state index in [0.717, 1.165) is 6.42 Å². The Hall–Kier alpha value is -0.120. The molecule has 10 heavy (non-hydrogen) atoms. The Bertz CT molecular complexity index is 106. The largest absolute Gasteiger partial charge is 0.389 e. The van der Waals surface area contributed by atoms with Gasteiger partial charge in [0.1, 0.15) is 0 Å². The van der Waals surface area contributed by atoms with Crippen molar-refractivity contribution in [1.29, 1.82) is 0 Å². The molecule has 0 radical (unpaired) electrons. The van der Waals surface area contributed by atoms with Crippen molar-refractivity contribution >= 4 is 0 Å². The molecule has 4 atom stereocenters. The molecule has 0 spiro atoms. The maximum absolute atomic E-state index is 9.31. The molecule has 0 amide bonds. The van der Waals surface area contributed by atoms with Crippen molar-refractivity contribution in [1.82, 2.24) is 0 Å². The Morgan fingerprint density at radius 1 is 1.50 bits per heavy atom. The fourth-order valence-electron chi connectivity index (χ4n) is 1.37. The van der Waals surface area contributed by atoms with Crippen molar-refractivity contribution in [3.05, 3.63) is 0 Å². The number of hydrogen-bond donors (Lipinski definition) is 2. The Labute approximate surface area is 61.2 Å². The van der Waals surface area contributed by atoms with Crippen LogP contribution in [0.4, 0.5) is 0 Å². The van der Waals surface area contributed by atoms with Gasteiger partial charge in [-0.1, -0.05) is 0 Å². The molecule has 3 nitrogen and oxygen atoms in total. The van der Waals surface area contributed by atoms with Crippen molar-refractivity contribution in [2.75, 3.05) is 0 Å². The number of ether oxygens (including phenoxy) is 1. The van der Waals surface area contributed by atoms with Gasteiger partial charge in [-0.2, -0.15) is 0 Å². The zero-order valence-electron chi connectivity index (χ0n) is 6.45. The lowest BCUT2D eigenvalue weighted by atomic mass is 9.98. The van der Waals surface area contributed by atoms with Crippen LogP contribution in [0, 0.1) is 0 Å². The van der Waals surface area contributed by atoms with Gasteiger partial charge in [-0.05, 0) is 20.3 Å². The predicted molar refractivity (Wildman–Crippen MR) is 38.6 cm³/mol. The normalized spacial score (nSPS) is 49.2. The zero-order chi connectivity index (χ0) is 7.72. The van der Waals surface area contributed by atoms with Gasteiger partial charge < -0.3 is 15.6 Å². The minimum Gasteiger partial charge on any atom is -0.389 e. The molecule has 1 rings (SSSR count). The van der Waals surface area contributed by atoms with Gasteiger partial charge in [-0.3, -0.25) is 0 Å². The second-order valence-electron chi connectivity index (χ2n) is 3.04. The summed E-state index contributed by atoms with van der Waals surface area (Å²) in [5.41, 5.74) is 5.63. The Balaban J connectivity index is 2.49. The van der Waals surface area contributed by atoms with Crippen LogP contribution in [-0.2, 0) is 4.74 Å². The van der Waals surface area contributed by atoms with Crippen LogP contribution in [0.25, 0.3) is 0 Å². The third-order valence-corrected chi connectivity index (χ3v) is 1.97. The van der Waals surface area contributed by atoms with E-state index >= 15 is 0 Å². The highest BCUT2D eigenvalue weighted by atomic mass is 16.5. The first-order valence-corrected chi connectivity index (χ1v) is 3.70. The topological polar surface area (TPSA) is 55.5 Å². The Morgan fingerprint density at radius 2 is 2.10 bits per heavy atom. The van der Waals surface area contributed by atoms with Crippen molar-refractivity contribution in [3.8, 4) is 0 Å². The minimum absolute atomic E-state index is 0.112. The van der Waals surface area contributed by atoms with Gasteiger partial charge >= 0.3 is 0 Å². The third-order valence-electron chi connectivity index (χ3n) is 1.97. The molecule has 0 saturated carbocycles. The molecule has 1 aliphatic heterocycles. The van der Waals surface area contributed by atoms with Gasteiger partial charge in [-0.25, -0.2) is 0 Å². The van der Waals surface area contributed by atoms with Crippen molar-refractivity contribution in [2.45, 2.75) is 44.6 Å². The molecule has 0 bridgehead atoms. The first-order valence-electron chi connectivity index (χ1n) is 3.70. The van der Waals surface area contributed by atoms with Crippen LogP contribution in [0.1, 0.15) is 20.3 Å². The van der Waals surface area contributed by atoms with E-state index in [1.807, 2.05) is 13.8 Å². The van der Waals surface area contributed by atoms with Gasteiger partial charge in [0.2, 0.25) is 0 Å². The molecular formula is C7H15NO2. The summed E-state index contributed by atoms with van der Waals surface area (Å²) in [6, 6.07) is -0.112. The summed E-state index contributed by atoms with van der Waals surface area (Å²) in [6.07, 6.45) is 0.342. The molecule has 1 aliphatic rings. The molecule has 60 valence electrons. The van der Waals surface area contributed by atoms with Crippen LogP contribution in [0.5, 0.6) is 0 Å². The predicted octanol–water partition coefficient (Wildman–Crippen LogP) is -0.128. The maximum atomic E-state index is 9.31. The lowest BCUT2D eigenvalue weighted by Gasteiger charge is -2.34. The molecule has 0 aromatic rings. The highest BCUT2D eigenvalue weighted by molar-refractivity contribution is 4.84. The molecule has 0 aliphatic carbocycles. The van der Waals surface area contributed by atoms with E-state index in [1.54, 1.807) is 0 Å². The summed E-state index contributed by atoms with van der Waals surface area (Å²) >= 11 is 0. The fraction of sp³-hybridized carbons (Fsp3) is 1.00. The number of nitrogens with two attached hydrogens (primary N) is 1. The SMILES string of the molecule is CC1CC(N)[C@H](O)[C@@H](C)O1. The maximum Gasteiger partial charge on any atom is 0.0950 e. The average Bonchev–Trinajstić information content (AvgIpc) is 1.82. The highest BCUT2D eigenvalue weighted by Crippen LogP contribution is 2.17. The summed E-state index contributed by atoms with van der Waals surface area (Å²) in [5.74, 6) is 0. The second kappa shape index (κ2) is 2.86. The summed E-state index contributed by atoms with van der Waals surface area (Å²) in [7, 11) is 0. The van der Waals surface area contributed by atoms with Gasteiger partial charge in [0.15, 0.2) is 0 Å². The Morgan fingerprint density at radius 3 is 2.60 bits per heavy atom. The third kappa shape index (κ3) is 1.48. The van der Waals surface area contributed by atoms with Crippen molar-refractivity contribution in [2.24, 2.45) is 5.73 Å². The highest BCUT2D eigenvalue weighted by Gasteiger charge is 2.30. The second-order valence-corrected chi connectivity index (χ2v) is 3.04. The first-order chi connectivity index (χ1) is 4.61. The molecule has 3 heteroatoms. The van der Waals surface area contributed by atoms with Crippen LogP contribution < -0.4 is 5.73 Å². The van der Waals surface area contributed by atoms with E-state index in [0.29, 0.717) is 0 Å². The molecule has 3 N–H and O–H groups in total. The summed E-state index contributed by atoms with van der Waals surface area (Å²) < 4.78 is 5.34. The summed E-state index contributed by atoms with van der Waals surface area (Å²) in [4.78, 5) is 0. The van der Waals surface area contributed by atoms with Gasteiger partial charge in [0, 0.05) is 6.04 Å². The van der Waals surface area contributed by atoms with E-state index < -0.39 is 6.10 Å². The van der Waals surface area contributed by atoms with Crippen LogP contribution >= 0.6 is 0 Å². The zero-order valence-corrected chi connectivity index (χ0v) is 6.45. The summed E-state index contributed by atoms with van der Waals surface area (Å²) in [5, 5.41) is 9.31. The molecule has 1 saturated heterocycles. The van der Waals surface area contributed by atoms with Crippen LogP contribution in [0.15, 0.2) is 0 Å². The van der Waals surface area contributed by atoms with Crippen LogP contribution in [0.2, 0.25) is 0 Å². The quantitative estimate of drug-likeness (QED) is 0.499. The standard InChI is InChI=1S/C7H15NO2/c1-4-3-6(8)7(9)5(2)10-4/h4-7,9H,3,8H2,1-2H3/t4?,5-,6?,7-/m1/s1. The average molecular weight is 145 g/mol. The van der Waals surface area contributed by atoms with Crippen LogP contribution in [-0.4, -0.2) is 29.5 Å². The number of aliphatic hydroxyl groups is 1. The van der Waals surface area contributed by atoms with Crippen LogP contribution in [0.3, 0.4) is 0 Å². The lowest BCUT2D eigenvalue weighted by Crippen LogP contribution is -2.50. The number of rotatable bonds is 0. The Kier molecular flexibility index (Phi) is 2.28. The number of aliphatic hydroxyl groups excluding tert-OH is 1.